The molecular weight excluding hydrogens is 306 g/mol. The van der Waals surface area contributed by atoms with Gasteiger partial charge in [0.25, 0.3) is 0 Å². The first kappa shape index (κ1) is 16.1. The van der Waals surface area contributed by atoms with Crippen molar-refractivity contribution in [2.45, 2.75) is 33.4 Å². The highest BCUT2D eigenvalue weighted by molar-refractivity contribution is 9.10. The lowest BCUT2D eigenvalue weighted by atomic mass is 10.2. The van der Waals surface area contributed by atoms with Crippen LogP contribution in [0.2, 0.25) is 0 Å². The third-order valence-electron chi connectivity index (χ3n) is 2.43. The fourth-order valence-electron chi connectivity index (χ4n) is 1.59. The summed E-state index contributed by atoms with van der Waals surface area (Å²) < 4.78 is 12.2. The Bertz CT molecular complexity index is 419. The first-order valence-corrected chi connectivity index (χ1v) is 7.30. The second kappa shape index (κ2) is 8.23. The van der Waals surface area contributed by atoms with E-state index in [0.717, 1.165) is 28.1 Å². The molecule has 0 aliphatic carbocycles. The van der Waals surface area contributed by atoms with Gasteiger partial charge in [-0.3, -0.25) is 0 Å². The van der Waals surface area contributed by atoms with Crippen LogP contribution in [0, 0.1) is 0 Å². The van der Waals surface area contributed by atoms with Gasteiger partial charge in [-0.05, 0) is 40.5 Å². The fraction of sp³-hybridized carbons (Fsp3) is 0.467. The van der Waals surface area contributed by atoms with E-state index in [1.165, 1.54) is 0 Å². The van der Waals surface area contributed by atoms with E-state index >= 15 is 0 Å². The molecule has 0 aromatic heterocycles. The van der Waals surface area contributed by atoms with Crippen molar-refractivity contribution in [2.24, 2.45) is 0 Å². The lowest BCUT2D eigenvalue weighted by Crippen LogP contribution is -2.21. The smallest absolute Gasteiger partial charge is 0.175 e. The molecule has 106 valence electrons. The quantitative estimate of drug-likeness (QED) is 0.734. The Hall–Kier alpha value is -1.00. The molecule has 0 atom stereocenters. The molecule has 0 aliphatic rings. The van der Waals surface area contributed by atoms with E-state index < -0.39 is 0 Å². The third-order valence-corrected chi connectivity index (χ3v) is 3.02. The van der Waals surface area contributed by atoms with Crippen molar-refractivity contribution in [3.8, 4) is 11.5 Å². The largest absolute Gasteiger partial charge is 0.490 e. The Labute approximate surface area is 124 Å². The second-order valence-corrected chi connectivity index (χ2v) is 5.33. The standard InChI is InChI=1S/C15H22BrNO2/c1-5-7-19-15-13(16)8-12(10-17-11(3)4)9-14(15)18-6-2/h5,8-9,11,17H,1,6-7,10H2,2-4H3. The van der Waals surface area contributed by atoms with E-state index in [0.29, 0.717) is 19.3 Å². The molecule has 3 nitrogen and oxygen atoms in total. The van der Waals surface area contributed by atoms with Crippen molar-refractivity contribution in [3.05, 3.63) is 34.8 Å². The molecule has 19 heavy (non-hydrogen) atoms. The van der Waals surface area contributed by atoms with Gasteiger partial charge in [-0.2, -0.15) is 0 Å². The number of nitrogens with one attached hydrogen (secondary N) is 1. The van der Waals surface area contributed by atoms with Crippen molar-refractivity contribution < 1.29 is 9.47 Å². The van der Waals surface area contributed by atoms with Gasteiger partial charge in [0.1, 0.15) is 6.61 Å². The maximum Gasteiger partial charge on any atom is 0.175 e. The molecule has 0 unspecified atom stereocenters. The van der Waals surface area contributed by atoms with Gasteiger partial charge in [0.15, 0.2) is 11.5 Å². The molecule has 0 saturated carbocycles. The van der Waals surface area contributed by atoms with E-state index in [1.807, 2.05) is 13.0 Å². The third kappa shape index (κ3) is 5.25. The van der Waals surface area contributed by atoms with Crippen LogP contribution in [0.25, 0.3) is 0 Å². The van der Waals surface area contributed by atoms with Gasteiger partial charge < -0.3 is 14.8 Å². The zero-order chi connectivity index (χ0) is 14.3. The molecule has 4 heteroatoms. The normalized spacial score (nSPS) is 10.6. The molecule has 1 N–H and O–H groups in total. The molecule has 0 aliphatic heterocycles. The number of hydrogen-bond acceptors (Lipinski definition) is 3. The minimum Gasteiger partial charge on any atom is -0.490 e. The Balaban J connectivity index is 2.95. The number of rotatable bonds is 8. The van der Waals surface area contributed by atoms with Crippen molar-refractivity contribution in [1.29, 1.82) is 0 Å². The van der Waals surface area contributed by atoms with Crippen LogP contribution in [-0.2, 0) is 6.54 Å². The van der Waals surface area contributed by atoms with Crippen LogP contribution in [0.5, 0.6) is 11.5 Å². The van der Waals surface area contributed by atoms with Crippen LogP contribution in [0.15, 0.2) is 29.3 Å². The minimum absolute atomic E-state index is 0.450. The summed E-state index contributed by atoms with van der Waals surface area (Å²) in [6.45, 7) is 11.7. The number of ether oxygens (including phenoxy) is 2. The first-order chi connectivity index (χ1) is 9.08. The van der Waals surface area contributed by atoms with Crippen LogP contribution in [0.3, 0.4) is 0 Å². The minimum atomic E-state index is 0.450. The lowest BCUT2D eigenvalue weighted by molar-refractivity contribution is 0.295. The van der Waals surface area contributed by atoms with E-state index in [4.69, 9.17) is 9.47 Å². The molecule has 0 saturated heterocycles. The molecule has 1 rings (SSSR count). The predicted molar refractivity (Wildman–Crippen MR) is 83.0 cm³/mol. The average Bonchev–Trinajstić information content (AvgIpc) is 2.36. The SMILES string of the molecule is C=CCOc1c(Br)cc(CNC(C)C)cc1OCC. The highest BCUT2D eigenvalue weighted by atomic mass is 79.9. The van der Waals surface area contributed by atoms with Crippen LogP contribution >= 0.6 is 15.9 Å². The van der Waals surface area contributed by atoms with Gasteiger partial charge in [0.2, 0.25) is 0 Å². The van der Waals surface area contributed by atoms with Crippen molar-refractivity contribution in [2.75, 3.05) is 13.2 Å². The highest BCUT2D eigenvalue weighted by Gasteiger charge is 2.12. The molecule has 0 fully saturated rings. The van der Waals surface area contributed by atoms with Gasteiger partial charge in [-0.1, -0.05) is 26.5 Å². The topological polar surface area (TPSA) is 30.5 Å². The fourth-order valence-corrected chi connectivity index (χ4v) is 2.19. The first-order valence-electron chi connectivity index (χ1n) is 6.50. The molecule has 1 aromatic carbocycles. The summed E-state index contributed by atoms with van der Waals surface area (Å²) in [6.07, 6.45) is 1.72. The van der Waals surface area contributed by atoms with Gasteiger partial charge in [0.05, 0.1) is 11.1 Å². The highest BCUT2D eigenvalue weighted by Crippen LogP contribution is 2.37. The Kier molecular flexibility index (Phi) is 6.95. The van der Waals surface area contributed by atoms with Crippen molar-refractivity contribution in [3.63, 3.8) is 0 Å². The number of hydrogen-bond donors (Lipinski definition) is 1. The summed E-state index contributed by atoms with van der Waals surface area (Å²) in [6, 6.07) is 4.52. The Morgan fingerprint density at radius 1 is 1.37 bits per heavy atom. The zero-order valence-electron chi connectivity index (χ0n) is 11.8. The van der Waals surface area contributed by atoms with E-state index in [-0.39, 0.29) is 0 Å². The number of benzene rings is 1. The predicted octanol–water partition coefficient (Wildman–Crippen LogP) is 3.91. The van der Waals surface area contributed by atoms with Crippen LogP contribution < -0.4 is 14.8 Å². The Morgan fingerprint density at radius 3 is 2.68 bits per heavy atom. The van der Waals surface area contributed by atoms with Gasteiger partial charge in [0, 0.05) is 12.6 Å². The molecule has 0 bridgehead atoms. The van der Waals surface area contributed by atoms with E-state index in [9.17, 15) is 0 Å². The van der Waals surface area contributed by atoms with Crippen molar-refractivity contribution >= 4 is 15.9 Å². The summed E-state index contributed by atoms with van der Waals surface area (Å²) >= 11 is 3.54. The molecular formula is C15H22BrNO2. The molecule has 0 amide bonds. The molecule has 1 aromatic rings. The maximum absolute atomic E-state index is 5.65. The van der Waals surface area contributed by atoms with Gasteiger partial charge in [-0.25, -0.2) is 0 Å². The van der Waals surface area contributed by atoms with Gasteiger partial charge >= 0.3 is 0 Å². The van der Waals surface area contributed by atoms with Crippen molar-refractivity contribution in [1.82, 2.24) is 5.32 Å². The second-order valence-electron chi connectivity index (χ2n) is 4.47. The van der Waals surface area contributed by atoms with E-state index in [1.54, 1.807) is 6.08 Å². The number of halogens is 1. The zero-order valence-corrected chi connectivity index (χ0v) is 13.4. The average molecular weight is 328 g/mol. The Morgan fingerprint density at radius 2 is 2.11 bits per heavy atom. The lowest BCUT2D eigenvalue weighted by Gasteiger charge is -2.15. The van der Waals surface area contributed by atoms with Crippen LogP contribution in [0.1, 0.15) is 26.3 Å². The summed E-state index contributed by atoms with van der Waals surface area (Å²) in [5.74, 6) is 1.49. The summed E-state index contributed by atoms with van der Waals surface area (Å²) in [4.78, 5) is 0. The maximum atomic E-state index is 5.65. The van der Waals surface area contributed by atoms with E-state index in [2.05, 4.69) is 47.7 Å². The van der Waals surface area contributed by atoms with Crippen LogP contribution in [0.4, 0.5) is 0 Å². The van der Waals surface area contributed by atoms with Gasteiger partial charge in [-0.15, -0.1) is 0 Å². The summed E-state index contributed by atoms with van der Waals surface area (Å²) in [5, 5.41) is 3.39. The monoisotopic (exact) mass is 327 g/mol. The molecule has 0 spiro atoms. The summed E-state index contributed by atoms with van der Waals surface area (Å²) in [7, 11) is 0. The molecule has 0 radical (unpaired) electrons. The van der Waals surface area contributed by atoms with Crippen LogP contribution in [-0.4, -0.2) is 19.3 Å². The molecule has 0 heterocycles. The summed E-state index contributed by atoms with van der Waals surface area (Å²) in [5.41, 5.74) is 1.16.